The van der Waals surface area contributed by atoms with Crippen molar-refractivity contribution < 1.29 is 14.3 Å². The number of carbonyl (C=O) groups excluding carboxylic acids is 2. The van der Waals surface area contributed by atoms with Crippen molar-refractivity contribution >= 4 is 17.9 Å². The maximum Gasteiger partial charge on any atom is 0.253 e. The van der Waals surface area contributed by atoms with E-state index in [0.29, 0.717) is 18.7 Å². The quantitative estimate of drug-likeness (QED) is 0.756. The molecule has 1 fully saturated rings. The molecule has 0 bridgehead atoms. The first kappa shape index (κ1) is 13.5. The molecule has 1 aromatic rings. The van der Waals surface area contributed by atoms with Crippen LogP contribution in [0.3, 0.4) is 0 Å². The molecule has 5 nitrogen and oxygen atoms in total. The third kappa shape index (κ3) is 3.12. The zero-order valence-corrected chi connectivity index (χ0v) is 11.2. The molecule has 0 N–H and O–H groups in total. The van der Waals surface area contributed by atoms with Crippen molar-refractivity contribution in [1.29, 1.82) is 0 Å². The number of aldehydes is 1. The molecule has 1 aliphatic heterocycles. The van der Waals surface area contributed by atoms with Crippen LogP contribution >= 0.6 is 0 Å². The van der Waals surface area contributed by atoms with Gasteiger partial charge in [-0.25, -0.2) is 0 Å². The minimum Gasteiger partial charge on any atom is -0.366 e. The Hall–Kier alpha value is -1.88. The molecular weight excluding hydrogens is 244 g/mol. The highest BCUT2D eigenvalue weighted by atomic mass is 16.5. The summed E-state index contributed by atoms with van der Waals surface area (Å²) in [5.41, 5.74) is 1.66. The summed E-state index contributed by atoms with van der Waals surface area (Å²) in [6, 6.07) is 7.35. The predicted molar refractivity (Wildman–Crippen MR) is 72.5 cm³/mol. The number of rotatable bonds is 3. The lowest BCUT2D eigenvalue weighted by atomic mass is 10.1. The molecule has 0 radical (unpaired) electrons. The number of ether oxygens (including phenoxy) is 1. The van der Waals surface area contributed by atoms with E-state index in [1.807, 2.05) is 12.1 Å². The number of likely N-dealkylation sites (N-methyl/N-ethyl adjacent to an activating group) is 1. The molecule has 1 amide bonds. The number of benzene rings is 1. The third-order valence-electron chi connectivity index (χ3n) is 3.18. The minimum absolute atomic E-state index is 0.0192. The van der Waals surface area contributed by atoms with Gasteiger partial charge in [-0.05, 0) is 24.3 Å². The number of carbonyl (C=O) groups is 2. The highest BCUT2D eigenvalue weighted by Crippen LogP contribution is 2.18. The average Bonchev–Trinajstić information content (AvgIpc) is 2.46. The summed E-state index contributed by atoms with van der Waals surface area (Å²) in [6.45, 7) is 1.81. The molecule has 1 aromatic carbocycles. The molecule has 0 aromatic heterocycles. The maximum absolute atomic E-state index is 11.9. The number of morpholine rings is 1. The monoisotopic (exact) mass is 262 g/mol. The molecular formula is C14H18N2O3. The molecule has 1 unspecified atom stereocenters. The van der Waals surface area contributed by atoms with E-state index in [9.17, 15) is 9.59 Å². The van der Waals surface area contributed by atoms with Gasteiger partial charge in [-0.2, -0.15) is 0 Å². The minimum atomic E-state index is -0.422. The molecule has 102 valence electrons. The van der Waals surface area contributed by atoms with Crippen LogP contribution in [0.15, 0.2) is 24.3 Å². The van der Waals surface area contributed by atoms with E-state index in [1.54, 1.807) is 31.1 Å². The van der Waals surface area contributed by atoms with E-state index in [-0.39, 0.29) is 5.91 Å². The van der Waals surface area contributed by atoms with E-state index in [0.717, 1.165) is 18.5 Å². The van der Waals surface area contributed by atoms with Crippen molar-refractivity contribution in [3.63, 3.8) is 0 Å². The van der Waals surface area contributed by atoms with Crippen LogP contribution in [-0.4, -0.2) is 57.0 Å². The highest BCUT2D eigenvalue weighted by Gasteiger charge is 2.27. The highest BCUT2D eigenvalue weighted by molar-refractivity contribution is 5.81. The van der Waals surface area contributed by atoms with Gasteiger partial charge < -0.3 is 14.5 Å². The fourth-order valence-corrected chi connectivity index (χ4v) is 2.08. The third-order valence-corrected chi connectivity index (χ3v) is 3.18. The number of hydrogen-bond acceptors (Lipinski definition) is 4. The summed E-state index contributed by atoms with van der Waals surface area (Å²) in [5.74, 6) is -0.0192. The van der Waals surface area contributed by atoms with Crippen LogP contribution in [0.5, 0.6) is 0 Å². The van der Waals surface area contributed by atoms with Gasteiger partial charge in [0.1, 0.15) is 6.29 Å². The van der Waals surface area contributed by atoms with Crippen LogP contribution < -0.4 is 4.90 Å². The SMILES string of the molecule is CN(C)C(=O)C1CN(c2ccc(C=O)cc2)CCO1. The van der Waals surface area contributed by atoms with Crippen LogP contribution in [0.4, 0.5) is 5.69 Å². The smallest absolute Gasteiger partial charge is 0.253 e. The Balaban J connectivity index is 2.07. The van der Waals surface area contributed by atoms with Gasteiger partial charge in [-0.15, -0.1) is 0 Å². The average molecular weight is 262 g/mol. The van der Waals surface area contributed by atoms with Crippen molar-refractivity contribution in [1.82, 2.24) is 4.90 Å². The first-order valence-electron chi connectivity index (χ1n) is 6.25. The molecule has 2 rings (SSSR count). The topological polar surface area (TPSA) is 49.9 Å². The van der Waals surface area contributed by atoms with E-state index < -0.39 is 6.10 Å². The molecule has 1 atom stereocenters. The van der Waals surface area contributed by atoms with E-state index in [2.05, 4.69) is 4.90 Å². The fourth-order valence-electron chi connectivity index (χ4n) is 2.08. The normalized spacial score (nSPS) is 19.1. The number of hydrogen-bond donors (Lipinski definition) is 0. The van der Waals surface area contributed by atoms with Gasteiger partial charge in [0.05, 0.1) is 13.2 Å². The number of nitrogens with zero attached hydrogens (tertiary/aromatic N) is 2. The molecule has 19 heavy (non-hydrogen) atoms. The second-order valence-corrected chi connectivity index (χ2v) is 4.75. The Bertz CT molecular complexity index is 456. The molecule has 5 heteroatoms. The Morgan fingerprint density at radius 3 is 2.63 bits per heavy atom. The van der Waals surface area contributed by atoms with Gasteiger partial charge in [0, 0.05) is 31.9 Å². The number of anilines is 1. The lowest BCUT2D eigenvalue weighted by molar-refractivity contribution is -0.141. The number of amides is 1. The maximum atomic E-state index is 11.9. The van der Waals surface area contributed by atoms with Gasteiger partial charge in [-0.3, -0.25) is 9.59 Å². The van der Waals surface area contributed by atoms with Gasteiger partial charge in [0.25, 0.3) is 5.91 Å². The zero-order chi connectivity index (χ0) is 13.8. The van der Waals surface area contributed by atoms with Gasteiger partial charge >= 0.3 is 0 Å². The zero-order valence-electron chi connectivity index (χ0n) is 11.2. The summed E-state index contributed by atoms with van der Waals surface area (Å²) in [7, 11) is 3.45. The van der Waals surface area contributed by atoms with Crippen molar-refractivity contribution in [3.05, 3.63) is 29.8 Å². The van der Waals surface area contributed by atoms with Crippen LogP contribution in [0.25, 0.3) is 0 Å². The van der Waals surface area contributed by atoms with E-state index in [4.69, 9.17) is 4.74 Å². The first-order valence-corrected chi connectivity index (χ1v) is 6.25. The van der Waals surface area contributed by atoms with E-state index in [1.165, 1.54) is 0 Å². The first-order chi connectivity index (χ1) is 9.11. The van der Waals surface area contributed by atoms with E-state index >= 15 is 0 Å². The largest absolute Gasteiger partial charge is 0.366 e. The van der Waals surface area contributed by atoms with Crippen LogP contribution in [-0.2, 0) is 9.53 Å². The molecule has 0 aliphatic carbocycles. The Labute approximate surface area is 112 Å². The standard InChI is InChI=1S/C14H18N2O3/c1-15(2)14(18)13-9-16(7-8-19-13)12-5-3-11(10-17)4-6-12/h3-6,10,13H,7-9H2,1-2H3. The summed E-state index contributed by atoms with van der Waals surface area (Å²) in [5, 5.41) is 0. The van der Waals surface area contributed by atoms with Crippen molar-refractivity contribution in [3.8, 4) is 0 Å². The summed E-state index contributed by atoms with van der Waals surface area (Å²) in [6.07, 6.45) is 0.399. The predicted octanol–water partition coefficient (Wildman–Crippen LogP) is 0.792. The molecule has 1 heterocycles. The molecule has 0 spiro atoms. The Morgan fingerprint density at radius 1 is 1.37 bits per heavy atom. The Kier molecular flexibility index (Phi) is 4.16. The van der Waals surface area contributed by atoms with Crippen molar-refractivity contribution in [2.75, 3.05) is 38.7 Å². The summed E-state index contributed by atoms with van der Waals surface area (Å²) < 4.78 is 5.51. The van der Waals surface area contributed by atoms with Crippen LogP contribution in [0, 0.1) is 0 Å². The van der Waals surface area contributed by atoms with Crippen LogP contribution in [0.2, 0.25) is 0 Å². The van der Waals surface area contributed by atoms with Crippen molar-refractivity contribution in [2.45, 2.75) is 6.10 Å². The Morgan fingerprint density at radius 2 is 2.05 bits per heavy atom. The van der Waals surface area contributed by atoms with Crippen molar-refractivity contribution in [2.24, 2.45) is 0 Å². The van der Waals surface area contributed by atoms with Crippen LogP contribution in [0.1, 0.15) is 10.4 Å². The molecule has 0 saturated carbocycles. The molecule has 1 saturated heterocycles. The second kappa shape index (κ2) is 5.84. The van der Waals surface area contributed by atoms with Gasteiger partial charge in [0.15, 0.2) is 6.10 Å². The fraction of sp³-hybridized carbons (Fsp3) is 0.429. The van der Waals surface area contributed by atoms with Gasteiger partial charge in [-0.1, -0.05) is 0 Å². The second-order valence-electron chi connectivity index (χ2n) is 4.75. The summed E-state index contributed by atoms with van der Waals surface area (Å²) in [4.78, 5) is 26.2. The summed E-state index contributed by atoms with van der Waals surface area (Å²) >= 11 is 0. The van der Waals surface area contributed by atoms with Gasteiger partial charge in [0.2, 0.25) is 0 Å². The molecule has 1 aliphatic rings. The lowest BCUT2D eigenvalue weighted by Gasteiger charge is -2.34. The lowest BCUT2D eigenvalue weighted by Crippen LogP contribution is -2.49.